The molecule has 1 atom stereocenters. The first-order valence-electron chi connectivity index (χ1n) is 6.25. The molecule has 0 aliphatic rings. The average molecular weight is 284 g/mol. The van der Waals surface area contributed by atoms with Gasteiger partial charge in [0.15, 0.2) is 5.69 Å². The van der Waals surface area contributed by atoms with E-state index in [-0.39, 0.29) is 5.82 Å². The summed E-state index contributed by atoms with van der Waals surface area (Å²) in [5.74, 6) is 0.275. The Bertz CT molecular complexity index is 585. The van der Waals surface area contributed by atoms with E-state index in [1.165, 1.54) is 4.57 Å². The Morgan fingerprint density at radius 3 is 2.30 bits per heavy atom. The molecular weight excluding hydrogens is 269 g/mol. The molecule has 108 valence electrons. The zero-order chi connectivity index (χ0) is 14.9. The molecule has 0 saturated heterocycles. The van der Waals surface area contributed by atoms with Crippen molar-refractivity contribution in [1.29, 1.82) is 0 Å². The number of hydrogen-bond acceptors (Lipinski definition) is 2. The quantitative estimate of drug-likeness (QED) is 0.934. The summed E-state index contributed by atoms with van der Waals surface area (Å²) >= 11 is 0. The summed E-state index contributed by atoms with van der Waals surface area (Å²) in [4.78, 5) is 3.67. The molecule has 0 aliphatic heterocycles. The number of aliphatic hydroxyl groups is 1. The van der Waals surface area contributed by atoms with Crippen molar-refractivity contribution >= 4 is 0 Å². The number of aliphatic hydroxyl groups excluding tert-OH is 1. The van der Waals surface area contributed by atoms with Gasteiger partial charge in [-0.2, -0.15) is 13.2 Å². The van der Waals surface area contributed by atoms with Crippen LogP contribution in [-0.4, -0.2) is 14.7 Å². The minimum atomic E-state index is -4.45. The molecule has 0 unspecified atom stereocenters. The van der Waals surface area contributed by atoms with Crippen molar-refractivity contribution in [3.63, 3.8) is 0 Å². The summed E-state index contributed by atoms with van der Waals surface area (Å²) in [6, 6.07) is 6.69. The molecule has 1 heterocycles. The van der Waals surface area contributed by atoms with Crippen LogP contribution >= 0.6 is 0 Å². The molecule has 0 amide bonds. The van der Waals surface area contributed by atoms with Crippen molar-refractivity contribution in [2.24, 2.45) is 0 Å². The molecule has 1 N–H and O–H groups in total. The zero-order valence-electron chi connectivity index (χ0n) is 11.1. The first-order valence-corrected chi connectivity index (χ1v) is 6.25. The first-order chi connectivity index (χ1) is 9.32. The maximum atomic E-state index is 12.7. The molecule has 0 radical (unpaired) electrons. The third kappa shape index (κ3) is 2.85. The van der Waals surface area contributed by atoms with E-state index >= 15 is 0 Å². The van der Waals surface area contributed by atoms with E-state index < -0.39 is 18.0 Å². The summed E-state index contributed by atoms with van der Waals surface area (Å²) in [5.41, 5.74) is 0.403. The maximum Gasteiger partial charge on any atom is 0.434 e. The maximum absolute atomic E-state index is 12.7. The summed E-state index contributed by atoms with van der Waals surface area (Å²) in [7, 11) is 0. The predicted octanol–water partition coefficient (Wildman–Crippen LogP) is 3.64. The fourth-order valence-corrected chi connectivity index (χ4v) is 1.93. The molecule has 0 bridgehead atoms. The molecular formula is C14H15F3N2O. The Morgan fingerprint density at radius 1 is 1.25 bits per heavy atom. The van der Waals surface area contributed by atoms with Gasteiger partial charge in [-0.05, 0) is 19.4 Å². The third-order valence-corrected chi connectivity index (χ3v) is 3.06. The van der Waals surface area contributed by atoms with Crippen molar-refractivity contribution < 1.29 is 18.3 Å². The van der Waals surface area contributed by atoms with Crippen molar-refractivity contribution in [3.05, 3.63) is 41.7 Å². The van der Waals surface area contributed by atoms with Crippen LogP contribution in [0.15, 0.2) is 30.5 Å². The molecule has 0 fully saturated rings. The van der Waals surface area contributed by atoms with Crippen LogP contribution in [0.25, 0.3) is 11.4 Å². The molecule has 6 heteroatoms. The van der Waals surface area contributed by atoms with Crippen LogP contribution in [0.4, 0.5) is 13.2 Å². The van der Waals surface area contributed by atoms with E-state index in [4.69, 9.17) is 0 Å². The number of aromatic nitrogens is 2. The van der Waals surface area contributed by atoms with Gasteiger partial charge in [0.05, 0.1) is 6.10 Å². The van der Waals surface area contributed by atoms with Crippen molar-refractivity contribution in [3.8, 4) is 11.4 Å². The van der Waals surface area contributed by atoms with Crippen molar-refractivity contribution in [2.45, 2.75) is 32.7 Å². The molecule has 2 aromatic rings. The Labute approximate surface area is 114 Å². The van der Waals surface area contributed by atoms with Crippen LogP contribution in [0, 0.1) is 0 Å². The van der Waals surface area contributed by atoms with Gasteiger partial charge >= 0.3 is 6.18 Å². The van der Waals surface area contributed by atoms with Gasteiger partial charge in [0.25, 0.3) is 0 Å². The number of hydrogen-bond donors (Lipinski definition) is 1. The van der Waals surface area contributed by atoms with Crippen molar-refractivity contribution in [1.82, 2.24) is 9.55 Å². The van der Waals surface area contributed by atoms with Gasteiger partial charge in [-0.15, -0.1) is 0 Å². The van der Waals surface area contributed by atoms with Crippen LogP contribution in [-0.2, 0) is 12.7 Å². The lowest BCUT2D eigenvalue weighted by Gasteiger charge is -2.07. The van der Waals surface area contributed by atoms with E-state index in [9.17, 15) is 18.3 Å². The lowest BCUT2D eigenvalue weighted by molar-refractivity contribution is -0.140. The minimum Gasteiger partial charge on any atom is -0.389 e. The van der Waals surface area contributed by atoms with Crippen LogP contribution < -0.4 is 0 Å². The normalized spacial score (nSPS) is 13.5. The number of rotatable bonds is 3. The van der Waals surface area contributed by atoms with Gasteiger partial charge in [-0.3, -0.25) is 0 Å². The van der Waals surface area contributed by atoms with E-state index in [1.807, 2.05) is 0 Å². The molecule has 3 nitrogen and oxygen atoms in total. The summed E-state index contributed by atoms with van der Waals surface area (Å²) in [6.07, 6.45) is -4.05. The Hall–Kier alpha value is -1.82. The van der Waals surface area contributed by atoms with E-state index in [0.717, 1.165) is 6.20 Å². The van der Waals surface area contributed by atoms with E-state index in [0.29, 0.717) is 17.7 Å². The highest BCUT2D eigenvalue weighted by molar-refractivity contribution is 5.57. The second-order valence-corrected chi connectivity index (χ2v) is 4.53. The van der Waals surface area contributed by atoms with Gasteiger partial charge in [-0.1, -0.05) is 24.3 Å². The highest BCUT2D eigenvalue weighted by Crippen LogP contribution is 2.31. The molecule has 0 aliphatic carbocycles. The minimum absolute atomic E-state index is 0.275. The van der Waals surface area contributed by atoms with Gasteiger partial charge in [-0.25, -0.2) is 4.98 Å². The molecule has 0 spiro atoms. The molecule has 20 heavy (non-hydrogen) atoms. The number of alkyl halides is 3. The number of halogens is 3. The van der Waals surface area contributed by atoms with Gasteiger partial charge in [0, 0.05) is 18.3 Å². The van der Waals surface area contributed by atoms with E-state index in [1.54, 1.807) is 38.1 Å². The second kappa shape index (κ2) is 5.28. The Morgan fingerprint density at radius 2 is 1.85 bits per heavy atom. The Balaban J connectivity index is 2.43. The molecule has 2 rings (SSSR count). The average Bonchev–Trinajstić information content (AvgIpc) is 2.82. The molecule has 1 aromatic heterocycles. The number of nitrogens with zero attached hydrogens (tertiary/aromatic N) is 2. The van der Waals surface area contributed by atoms with Crippen LogP contribution in [0.1, 0.15) is 31.2 Å². The fourth-order valence-electron chi connectivity index (χ4n) is 1.93. The predicted molar refractivity (Wildman–Crippen MR) is 69.0 cm³/mol. The van der Waals surface area contributed by atoms with Crippen LogP contribution in [0.3, 0.4) is 0 Å². The highest BCUT2D eigenvalue weighted by atomic mass is 19.4. The fraction of sp³-hybridized carbons (Fsp3) is 0.357. The number of imidazole rings is 1. The lowest BCUT2D eigenvalue weighted by atomic mass is 10.1. The standard InChI is InChI=1S/C14H15F3N2O/c1-3-19-8-12(14(15,16)17)18-13(19)11-6-4-10(5-7-11)9(2)20/h4-9,20H,3H2,1-2H3/t9-/m0/s1. The molecule has 0 saturated carbocycles. The number of benzene rings is 1. The van der Waals surface area contributed by atoms with Crippen LogP contribution in [0.2, 0.25) is 0 Å². The Kier molecular flexibility index (Phi) is 3.85. The SMILES string of the molecule is CCn1cc(C(F)(F)F)nc1-c1ccc([C@H](C)O)cc1. The van der Waals surface area contributed by atoms with Gasteiger partial charge in [0.2, 0.25) is 0 Å². The third-order valence-electron chi connectivity index (χ3n) is 3.06. The monoisotopic (exact) mass is 284 g/mol. The van der Waals surface area contributed by atoms with Crippen LogP contribution in [0.5, 0.6) is 0 Å². The van der Waals surface area contributed by atoms with E-state index in [2.05, 4.69) is 4.98 Å². The number of aryl methyl sites for hydroxylation is 1. The first kappa shape index (κ1) is 14.6. The molecule has 1 aromatic carbocycles. The topological polar surface area (TPSA) is 38.0 Å². The summed E-state index contributed by atoms with van der Waals surface area (Å²) in [6.45, 7) is 3.79. The largest absolute Gasteiger partial charge is 0.434 e. The smallest absolute Gasteiger partial charge is 0.389 e. The highest BCUT2D eigenvalue weighted by Gasteiger charge is 2.34. The zero-order valence-corrected chi connectivity index (χ0v) is 11.1. The van der Waals surface area contributed by atoms with Gasteiger partial charge < -0.3 is 9.67 Å². The van der Waals surface area contributed by atoms with Gasteiger partial charge in [0.1, 0.15) is 5.82 Å². The lowest BCUT2D eigenvalue weighted by Crippen LogP contribution is -2.05. The van der Waals surface area contributed by atoms with Crippen molar-refractivity contribution in [2.75, 3.05) is 0 Å². The summed E-state index contributed by atoms with van der Waals surface area (Å²) in [5, 5.41) is 9.43. The summed E-state index contributed by atoms with van der Waals surface area (Å²) < 4.78 is 39.5. The second-order valence-electron chi connectivity index (χ2n) is 4.53.